The zero-order valence-electron chi connectivity index (χ0n) is 13.9. The molecule has 2 aromatic carbocycles. The molecule has 0 fully saturated rings. The van der Waals surface area contributed by atoms with Crippen LogP contribution in [0.25, 0.3) is 0 Å². The molecule has 1 amide bonds. The van der Waals surface area contributed by atoms with Crippen LogP contribution in [0.3, 0.4) is 0 Å². The van der Waals surface area contributed by atoms with Crippen LogP contribution in [0.2, 0.25) is 0 Å². The molecule has 0 saturated heterocycles. The Bertz CT molecular complexity index is 982. The van der Waals surface area contributed by atoms with Crippen molar-refractivity contribution in [1.82, 2.24) is 4.90 Å². The lowest BCUT2D eigenvalue weighted by Gasteiger charge is -2.40. The summed E-state index contributed by atoms with van der Waals surface area (Å²) < 4.78 is 15.9. The van der Waals surface area contributed by atoms with Gasteiger partial charge < -0.3 is 24.2 Å². The maximum Gasteiger partial charge on any atom is 0.259 e. The molecule has 7 heteroatoms. The molecular formula is C19H15NO6. The van der Waals surface area contributed by atoms with Crippen molar-refractivity contribution in [2.75, 3.05) is 20.4 Å². The van der Waals surface area contributed by atoms with Gasteiger partial charge in [-0.05, 0) is 41.8 Å². The minimum absolute atomic E-state index is 0.00907. The second kappa shape index (κ2) is 5.14. The summed E-state index contributed by atoms with van der Waals surface area (Å²) in [4.78, 5) is 27.7. The predicted molar refractivity (Wildman–Crippen MR) is 89.0 cm³/mol. The topological polar surface area (TPSA) is 85.3 Å². The van der Waals surface area contributed by atoms with Gasteiger partial charge in [0.15, 0.2) is 28.8 Å². The summed E-state index contributed by atoms with van der Waals surface area (Å²) in [5.41, 5.74) is 1.94. The third-order valence-corrected chi connectivity index (χ3v) is 5.21. The molecule has 1 N–H and O–H groups in total. The summed E-state index contributed by atoms with van der Waals surface area (Å²) in [6.07, 6.45) is 0.599. The number of benzene rings is 2. The van der Waals surface area contributed by atoms with E-state index in [1.165, 1.54) is 24.1 Å². The van der Waals surface area contributed by atoms with Gasteiger partial charge in [-0.25, -0.2) is 0 Å². The Balaban J connectivity index is 1.69. The molecule has 0 bridgehead atoms. The molecule has 0 spiro atoms. The van der Waals surface area contributed by atoms with E-state index in [0.717, 1.165) is 11.1 Å². The number of phenolic OH excluding ortho intramolecular Hbond substituents is 1. The number of amides is 1. The first-order valence-corrected chi connectivity index (χ1v) is 8.27. The molecular weight excluding hydrogens is 338 g/mol. The summed E-state index contributed by atoms with van der Waals surface area (Å²) in [6, 6.07) is 5.98. The molecule has 3 aliphatic rings. The number of Topliss-reactive ketones (excluding diaryl/α,β-unsaturated/α-hetero) is 1. The molecule has 3 heterocycles. The number of methoxy groups -OCH3 is 1. The monoisotopic (exact) mass is 353 g/mol. The van der Waals surface area contributed by atoms with Crippen LogP contribution < -0.4 is 14.2 Å². The second-order valence-corrected chi connectivity index (χ2v) is 6.46. The summed E-state index contributed by atoms with van der Waals surface area (Å²) in [5.74, 6) is 0.521. The molecule has 26 heavy (non-hydrogen) atoms. The first-order chi connectivity index (χ1) is 12.6. The Morgan fingerprint density at radius 1 is 1.19 bits per heavy atom. The number of rotatable bonds is 1. The van der Waals surface area contributed by atoms with E-state index in [1.54, 1.807) is 6.07 Å². The lowest BCUT2D eigenvalue weighted by molar-refractivity contribution is 0.0554. The van der Waals surface area contributed by atoms with Gasteiger partial charge in [-0.15, -0.1) is 0 Å². The van der Waals surface area contributed by atoms with E-state index in [9.17, 15) is 14.7 Å². The highest BCUT2D eigenvalue weighted by molar-refractivity contribution is 6.17. The van der Waals surface area contributed by atoms with E-state index in [2.05, 4.69) is 0 Å². The summed E-state index contributed by atoms with van der Waals surface area (Å²) in [5, 5.41) is 10.4. The fourth-order valence-electron chi connectivity index (χ4n) is 3.96. The van der Waals surface area contributed by atoms with E-state index < -0.39 is 6.04 Å². The number of fused-ring (bicyclic) bond motifs is 5. The van der Waals surface area contributed by atoms with Crippen LogP contribution in [0, 0.1) is 0 Å². The van der Waals surface area contributed by atoms with Gasteiger partial charge in [-0.1, -0.05) is 0 Å². The number of carbonyl (C=O) groups excluding carboxylic acids is 2. The quantitative estimate of drug-likeness (QED) is 0.845. The lowest BCUT2D eigenvalue weighted by atomic mass is 9.82. The van der Waals surface area contributed by atoms with Crippen LogP contribution >= 0.6 is 0 Å². The van der Waals surface area contributed by atoms with E-state index in [0.29, 0.717) is 24.5 Å². The zero-order chi connectivity index (χ0) is 18.0. The fraction of sp³-hybridized carbons (Fsp3) is 0.263. The van der Waals surface area contributed by atoms with Crippen LogP contribution in [0.5, 0.6) is 23.0 Å². The van der Waals surface area contributed by atoms with Gasteiger partial charge in [0.05, 0.1) is 12.7 Å². The van der Waals surface area contributed by atoms with Crippen molar-refractivity contribution < 1.29 is 28.9 Å². The van der Waals surface area contributed by atoms with Crippen molar-refractivity contribution in [3.63, 3.8) is 0 Å². The standard InChI is InChI=1S/C19H15NO6/c1-24-12-3-2-10-15(18(12)22)19(23)20-5-4-9-6-13-14(26-8-25-13)7-11(9)16(20)17(10)21/h2-3,6-7,16,22H,4-5,8H2,1H3. The van der Waals surface area contributed by atoms with E-state index >= 15 is 0 Å². The SMILES string of the molecule is COc1ccc2c(c1O)C(=O)N1CCc3cc4c(cc3C1C2=O)OCO4. The molecule has 0 radical (unpaired) electrons. The van der Waals surface area contributed by atoms with Gasteiger partial charge in [-0.3, -0.25) is 9.59 Å². The molecule has 5 rings (SSSR count). The third kappa shape index (κ3) is 1.82. The highest BCUT2D eigenvalue weighted by atomic mass is 16.7. The van der Waals surface area contributed by atoms with E-state index in [1.807, 2.05) is 6.07 Å². The molecule has 3 aliphatic heterocycles. The van der Waals surface area contributed by atoms with Gasteiger partial charge in [0.1, 0.15) is 6.04 Å². The maximum absolute atomic E-state index is 13.2. The number of phenols is 1. The van der Waals surface area contributed by atoms with Crippen molar-refractivity contribution in [1.29, 1.82) is 0 Å². The van der Waals surface area contributed by atoms with Crippen molar-refractivity contribution in [2.24, 2.45) is 0 Å². The van der Waals surface area contributed by atoms with Gasteiger partial charge in [-0.2, -0.15) is 0 Å². The highest BCUT2D eigenvalue weighted by Gasteiger charge is 2.45. The first-order valence-electron chi connectivity index (χ1n) is 8.27. The minimum atomic E-state index is -0.721. The average Bonchev–Trinajstić information content (AvgIpc) is 3.10. The number of ether oxygens (including phenoxy) is 3. The summed E-state index contributed by atoms with van der Waals surface area (Å²) in [6.45, 7) is 0.536. The number of carbonyl (C=O) groups is 2. The Hall–Kier alpha value is -3.22. The number of aromatic hydroxyl groups is 1. The molecule has 0 saturated carbocycles. The Morgan fingerprint density at radius 2 is 1.96 bits per heavy atom. The lowest BCUT2D eigenvalue weighted by Crippen LogP contribution is -2.47. The van der Waals surface area contributed by atoms with Crippen LogP contribution in [-0.4, -0.2) is 42.1 Å². The minimum Gasteiger partial charge on any atom is -0.504 e. The fourth-order valence-corrected chi connectivity index (χ4v) is 3.96. The number of hydrogen-bond donors (Lipinski definition) is 1. The van der Waals surface area contributed by atoms with Gasteiger partial charge in [0, 0.05) is 12.1 Å². The van der Waals surface area contributed by atoms with E-state index in [4.69, 9.17) is 14.2 Å². The van der Waals surface area contributed by atoms with Crippen LogP contribution in [0.15, 0.2) is 24.3 Å². The molecule has 7 nitrogen and oxygen atoms in total. The Morgan fingerprint density at radius 3 is 2.73 bits per heavy atom. The number of ketones is 1. The third-order valence-electron chi connectivity index (χ3n) is 5.21. The maximum atomic E-state index is 13.2. The van der Waals surface area contributed by atoms with Crippen LogP contribution in [0.1, 0.15) is 37.9 Å². The first kappa shape index (κ1) is 15.1. The number of hydrogen-bond acceptors (Lipinski definition) is 6. The average molecular weight is 353 g/mol. The van der Waals surface area contributed by atoms with Crippen molar-refractivity contribution >= 4 is 11.7 Å². The van der Waals surface area contributed by atoms with Crippen LogP contribution in [0.4, 0.5) is 0 Å². The number of nitrogens with zero attached hydrogens (tertiary/aromatic N) is 1. The normalized spacial score (nSPS) is 19.7. The van der Waals surface area contributed by atoms with Crippen molar-refractivity contribution in [2.45, 2.75) is 12.5 Å². The molecule has 1 atom stereocenters. The van der Waals surface area contributed by atoms with Gasteiger partial charge in [0.25, 0.3) is 5.91 Å². The smallest absolute Gasteiger partial charge is 0.259 e. The Labute approximate surface area is 148 Å². The van der Waals surface area contributed by atoms with Gasteiger partial charge >= 0.3 is 0 Å². The van der Waals surface area contributed by atoms with Crippen molar-refractivity contribution in [3.8, 4) is 23.0 Å². The molecule has 2 aromatic rings. The summed E-state index contributed by atoms with van der Waals surface area (Å²) >= 11 is 0. The molecule has 0 aliphatic carbocycles. The second-order valence-electron chi connectivity index (χ2n) is 6.46. The zero-order valence-corrected chi connectivity index (χ0v) is 13.9. The summed E-state index contributed by atoms with van der Waals surface area (Å²) in [7, 11) is 1.40. The van der Waals surface area contributed by atoms with Crippen molar-refractivity contribution in [3.05, 3.63) is 46.5 Å². The molecule has 1 unspecified atom stereocenters. The van der Waals surface area contributed by atoms with Gasteiger partial charge in [0.2, 0.25) is 6.79 Å². The molecule has 0 aromatic heterocycles. The predicted octanol–water partition coefficient (Wildman–Crippen LogP) is 2.07. The van der Waals surface area contributed by atoms with E-state index in [-0.39, 0.29) is 41.1 Å². The largest absolute Gasteiger partial charge is 0.504 e. The molecule has 132 valence electrons. The van der Waals surface area contributed by atoms with Crippen LogP contribution in [-0.2, 0) is 6.42 Å². The highest BCUT2D eigenvalue weighted by Crippen LogP contribution is 2.46. The Kier molecular flexibility index (Phi) is 2.98.